The van der Waals surface area contributed by atoms with Crippen LogP contribution >= 0.6 is 0 Å². The zero-order valence-corrected chi connectivity index (χ0v) is 6.77. The van der Waals surface area contributed by atoms with E-state index in [0.29, 0.717) is 0 Å². The summed E-state index contributed by atoms with van der Waals surface area (Å²) in [7, 11) is 0. The minimum Gasteiger partial charge on any atom is -0.316 e. The van der Waals surface area contributed by atoms with Gasteiger partial charge in [0.15, 0.2) is 0 Å². The van der Waals surface area contributed by atoms with Crippen LogP contribution in [-0.2, 0) is 0 Å². The standard InChI is InChI=1S/C9H17N/c1-2-3-7-5-10-6-8-4-9(7)8/h7-10H,2-6H2,1H3. The van der Waals surface area contributed by atoms with Gasteiger partial charge >= 0.3 is 0 Å². The van der Waals surface area contributed by atoms with Crippen molar-refractivity contribution in [3.8, 4) is 0 Å². The predicted molar refractivity (Wildman–Crippen MR) is 42.9 cm³/mol. The van der Waals surface area contributed by atoms with Crippen molar-refractivity contribution in [3.05, 3.63) is 0 Å². The number of hydrogen-bond acceptors (Lipinski definition) is 1. The molecular weight excluding hydrogens is 122 g/mol. The summed E-state index contributed by atoms with van der Waals surface area (Å²) in [5.74, 6) is 3.23. The number of rotatable bonds is 2. The lowest BCUT2D eigenvalue weighted by Crippen LogP contribution is -2.31. The lowest BCUT2D eigenvalue weighted by atomic mass is 9.94. The van der Waals surface area contributed by atoms with Gasteiger partial charge in [0.25, 0.3) is 0 Å². The number of fused-ring (bicyclic) bond motifs is 1. The highest BCUT2D eigenvalue weighted by Gasteiger charge is 2.44. The highest BCUT2D eigenvalue weighted by Crippen LogP contribution is 2.47. The molecule has 1 N–H and O–H groups in total. The maximum Gasteiger partial charge on any atom is -0.00175 e. The molecule has 2 aliphatic rings. The van der Waals surface area contributed by atoms with Crippen molar-refractivity contribution in [1.29, 1.82) is 0 Å². The first-order chi connectivity index (χ1) is 4.92. The molecule has 0 aromatic carbocycles. The second-order valence-electron chi connectivity index (χ2n) is 3.87. The van der Waals surface area contributed by atoms with E-state index in [9.17, 15) is 0 Å². The van der Waals surface area contributed by atoms with E-state index in [2.05, 4.69) is 12.2 Å². The minimum absolute atomic E-state index is 1.03. The van der Waals surface area contributed by atoms with Crippen LogP contribution in [0.2, 0.25) is 0 Å². The van der Waals surface area contributed by atoms with Crippen LogP contribution in [0.3, 0.4) is 0 Å². The average Bonchev–Trinajstić information content (AvgIpc) is 2.67. The Morgan fingerprint density at radius 3 is 3.10 bits per heavy atom. The Balaban J connectivity index is 1.84. The zero-order valence-electron chi connectivity index (χ0n) is 6.77. The molecule has 0 aromatic rings. The lowest BCUT2D eigenvalue weighted by Gasteiger charge is -2.21. The fraction of sp³-hybridized carbons (Fsp3) is 1.00. The van der Waals surface area contributed by atoms with Crippen LogP contribution in [0.25, 0.3) is 0 Å². The molecule has 1 heterocycles. The van der Waals surface area contributed by atoms with E-state index in [-0.39, 0.29) is 0 Å². The SMILES string of the molecule is CCCC1CNCC2CC12. The zero-order chi connectivity index (χ0) is 6.97. The van der Waals surface area contributed by atoms with Crippen LogP contribution in [0.4, 0.5) is 0 Å². The van der Waals surface area contributed by atoms with Crippen LogP contribution in [0, 0.1) is 17.8 Å². The van der Waals surface area contributed by atoms with Crippen molar-refractivity contribution < 1.29 is 0 Å². The summed E-state index contributed by atoms with van der Waals surface area (Å²) in [6, 6.07) is 0. The summed E-state index contributed by atoms with van der Waals surface area (Å²) in [6.45, 7) is 4.91. The van der Waals surface area contributed by atoms with Crippen LogP contribution in [-0.4, -0.2) is 13.1 Å². The summed E-state index contributed by atoms with van der Waals surface area (Å²) in [6.07, 6.45) is 4.35. The van der Waals surface area contributed by atoms with Crippen LogP contribution < -0.4 is 5.32 Å². The molecule has 1 saturated carbocycles. The van der Waals surface area contributed by atoms with Gasteiger partial charge in [0, 0.05) is 0 Å². The molecule has 1 aliphatic heterocycles. The van der Waals surface area contributed by atoms with E-state index in [0.717, 1.165) is 17.8 Å². The molecule has 3 atom stereocenters. The second-order valence-corrected chi connectivity index (χ2v) is 3.87. The molecule has 1 aliphatic carbocycles. The average molecular weight is 139 g/mol. The van der Waals surface area contributed by atoms with E-state index in [4.69, 9.17) is 0 Å². The molecule has 0 aromatic heterocycles. The molecular formula is C9H17N. The van der Waals surface area contributed by atoms with Crippen molar-refractivity contribution in [2.24, 2.45) is 17.8 Å². The number of hydrogen-bond donors (Lipinski definition) is 1. The van der Waals surface area contributed by atoms with Crippen molar-refractivity contribution in [1.82, 2.24) is 5.32 Å². The summed E-state index contributed by atoms with van der Waals surface area (Å²) in [5.41, 5.74) is 0. The fourth-order valence-electron chi connectivity index (χ4n) is 2.38. The third-order valence-corrected chi connectivity index (χ3v) is 3.06. The van der Waals surface area contributed by atoms with Gasteiger partial charge in [0.2, 0.25) is 0 Å². The van der Waals surface area contributed by atoms with E-state index in [1.54, 1.807) is 0 Å². The van der Waals surface area contributed by atoms with Crippen molar-refractivity contribution in [3.63, 3.8) is 0 Å². The maximum absolute atomic E-state index is 3.51. The Morgan fingerprint density at radius 2 is 2.30 bits per heavy atom. The molecule has 0 amide bonds. The molecule has 58 valence electrons. The van der Waals surface area contributed by atoms with Gasteiger partial charge in [-0.3, -0.25) is 0 Å². The molecule has 1 nitrogen and oxygen atoms in total. The summed E-state index contributed by atoms with van der Waals surface area (Å²) >= 11 is 0. The van der Waals surface area contributed by atoms with Crippen molar-refractivity contribution in [2.75, 3.05) is 13.1 Å². The molecule has 2 rings (SSSR count). The summed E-state index contributed by atoms with van der Waals surface area (Å²) in [4.78, 5) is 0. The maximum atomic E-state index is 3.51. The van der Waals surface area contributed by atoms with Gasteiger partial charge in [0.1, 0.15) is 0 Å². The topological polar surface area (TPSA) is 12.0 Å². The van der Waals surface area contributed by atoms with Gasteiger partial charge in [-0.2, -0.15) is 0 Å². The molecule has 10 heavy (non-hydrogen) atoms. The lowest BCUT2D eigenvalue weighted by molar-refractivity contribution is 0.333. The van der Waals surface area contributed by atoms with E-state index in [1.807, 2.05) is 0 Å². The highest BCUT2D eigenvalue weighted by molar-refractivity contribution is 4.96. The smallest absolute Gasteiger partial charge is 0.00175 e. The molecule has 2 fully saturated rings. The van der Waals surface area contributed by atoms with Crippen molar-refractivity contribution >= 4 is 0 Å². The molecule has 0 spiro atoms. The Kier molecular flexibility index (Phi) is 1.69. The first-order valence-corrected chi connectivity index (χ1v) is 4.62. The van der Waals surface area contributed by atoms with E-state index in [1.165, 1.54) is 32.4 Å². The molecule has 1 saturated heterocycles. The van der Waals surface area contributed by atoms with E-state index >= 15 is 0 Å². The first kappa shape index (κ1) is 6.66. The normalized spacial score (nSPS) is 44.7. The Bertz CT molecular complexity index is 120. The molecule has 3 unspecified atom stereocenters. The second kappa shape index (κ2) is 2.54. The highest BCUT2D eigenvalue weighted by atomic mass is 14.9. The van der Waals surface area contributed by atoms with Gasteiger partial charge < -0.3 is 5.32 Å². The monoisotopic (exact) mass is 139 g/mol. The minimum atomic E-state index is 1.03. The van der Waals surface area contributed by atoms with Crippen LogP contribution in [0.15, 0.2) is 0 Å². The van der Waals surface area contributed by atoms with Crippen LogP contribution in [0.5, 0.6) is 0 Å². The van der Waals surface area contributed by atoms with Gasteiger partial charge in [-0.05, 0) is 43.7 Å². The Labute approximate surface area is 63.2 Å². The van der Waals surface area contributed by atoms with Gasteiger partial charge in [0.05, 0.1) is 0 Å². The van der Waals surface area contributed by atoms with Gasteiger partial charge in [-0.1, -0.05) is 13.3 Å². The summed E-state index contributed by atoms with van der Waals surface area (Å²) in [5, 5.41) is 3.51. The first-order valence-electron chi connectivity index (χ1n) is 4.62. The van der Waals surface area contributed by atoms with Crippen LogP contribution in [0.1, 0.15) is 26.2 Å². The van der Waals surface area contributed by atoms with Crippen molar-refractivity contribution in [2.45, 2.75) is 26.2 Å². The molecule has 1 heteroatoms. The third kappa shape index (κ3) is 1.07. The molecule has 0 radical (unpaired) electrons. The largest absolute Gasteiger partial charge is 0.316 e. The van der Waals surface area contributed by atoms with E-state index < -0.39 is 0 Å². The Morgan fingerprint density at radius 1 is 1.40 bits per heavy atom. The quantitative estimate of drug-likeness (QED) is 0.613. The number of nitrogens with one attached hydrogen (secondary N) is 1. The van der Waals surface area contributed by atoms with Gasteiger partial charge in [-0.25, -0.2) is 0 Å². The predicted octanol–water partition coefficient (Wildman–Crippen LogP) is 1.64. The third-order valence-electron chi connectivity index (χ3n) is 3.06. The fourth-order valence-corrected chi connectivity index (χ4v) is 2.38. The molecule has 0 bridgehead atoms. The van der Waals surface area contributed by atoms with Gasteiger partial charge in [-0.15, -0.1) is 0 Å². The summed E-state index contributed by atoms with van der Waals surface area (Å²) < 4.78 is 0. The number of piperidine rings is 1. The Hall–Kier alpha value is -0.0400.